The normalized spacial score (nSPS) is 13.3. The maximum atomic E-state index is 12.5. The molecule has 1 amide bonds. The lowest BCUT2D eigenvalue weighted by Crippen LogP contribution is -2.50. The zero-order valence-electron chi connectivity index (χ0n) is 37.6. The Balaban J connectivity index is 3.50. The summed E-state index contributed by atoms with van der Waals surface area (Å²) in [6, 6.07) is -0.803. The van der Waals surface area contributed by atoms with E-state index in [1.807, 2.05) is 0 Å². The molecule has 0 heterocycles. The van der Waals surface area contributed by atoms with Crippen molar-refractivity contribution in [3.8, 4) is 0 Å². The van der Waals surface area contributed by atoms with Crippen LogP contribution in [-0.2, 0) is 4.79 Å². The average Bonchev–Trinajstić information content (AvgIpc) is 3.19. The molecule has 3 atom stereocenters. The van der Waals surface area contributed by atoms with Gasteiger partial charge in [0, 0.05) is 6.42 Å². The van der Waals surface area contributed by atoms with Gasteiger partial charge in [-0.05, 0) is 12.8 Å². The summed E-state index contributed by atoms with van der Waals surface area (Å²) in [5.74, 6) is -0.137. The SMILES string of the molecule is CCCCCCCCCCCCCCCCCCCCCCCCCCCCC(=O)NC(CO)C(O)C(O)CCCCCCCCCCCCCCCCC. The predicted octanol–water partition coefficient (Wildman–Crippen LogP) is 15.0. The minimum absolute atomic E-state index is 0.137. The van der Waals surface area contributed by atoms with E-state index < -0.39 is 18.2 Å². The second kappa shape index (κ2) is 46.0. The average molecular weight is 780 g/mol. The molecule has 0 rings (SSSR count). The molecule has 0 fully saturated rings. The van der Waals surface area contributed by atoms with E-state index in [1.165, 1.54) is 231 Å². The van der Waals surface area contributed by atoms with Crippen molar-refractivity contribution in [3.05, 3.63) is 0 Å². The summed E-state index contributed by atoms with van der Waals surface area (Å²) >= 11 is 0. The van der Waals surface area contributed by atoms with Crippen molar-refractivity contribution in [1.82, 2.24) is 5.32 Å². The highest BCUT2D eigenvalue weighted by Crippen LogP contribution is 2.18. The predicted molar refractivity (Wildman–Crippen MR) is 241 cm³/mol. The van der Waals surface area contributed by atoms with Gasteiger partial charge in [-0.1, -0.05) is 271 Å². The van der Waals surface area contributed by atoms with Gasteiger partial charge >= 0.3 is 0 Å². The van der Waals surface area contributed by atoms with Gasteiger partial charge in [0.25, 0.3) is 0 Å². The lowest BCUT2D eigenvalue weighted by atomic mass is 9.99. The van der Waals surface area contributed by atoms with Crippen molar-refractivity contribution in [1.29, 1.82) is 0 Å². The van der Waals surface area contributed by atoms with Crippen LogP contribution in [0, 0.1) is 0 Å². The highest BCUT2D eigenvalue weighted by atomic mass is 16.3. The Bertz CT molecular complexity index is 733. The van der Waals surface area contributed by atoms with E-state index in [-0.39, 0.29) is 12.5 Å². The molecule has 4 N–H and O–H groups in total. The Morgan fingerprint density at radius 2 is 0.618 bits per heavy atom. The third kappa shape index (κ3) is 41.3. The molecule has 5 heteroatoms. The fourth-order valence-electron chi connectivity index (χ4n) is 8.28. The molecule has 55 heavy (non-hydrogen) atoms. The summed E-state index contributed by atoms with van der Waals surface area (Å²) in [5, 5.41) is 33.6. The van der Waals surface area contributed by atoms with Crippen LogP contribution >= 0.6 is 0 Å². The molecule has 0 saturated heterocycles. The first-order chi connectivity index (χ1) is 27.1. The molecule has 330 valence electrons. The Morgan fingerprint density at radius 3 is 0.873 bits per heavy atom. The molecule has 0 aliphatic rings. The largest absolute Gasteiger partial charge is 0.394 e. The summed E-state index contributed by atoms with van der Waals surface area (Å²) in [6.07, 6.45) is 53.8. The molecular weight excluding hydrogens is 679 g/mol. The van der Waals surface area contributed by atoms with E-state index in [9.17, 15) is 20.1 Å². The van der Waals surface area contributed by atoms with E-state index in [1.54, 1.807) is 0 Å². The number of aliphatic hydroxyl groups excluding tert-OH is 3. The summed E-state index contributed by atoms with van der Waals surface area (Å²) < 4.78 is 0. The van der Waals surface area contributed by atoms with Crippen LogP contribution in [0.5, 0.6) is 0 Å². The Morgan fingerprint density at radius 1 is 0.382 bits per heavy atom. The first kappa shape index (κ1) is 54.3. The number of amides is 1. The van der Waals surface area contributed by atoms with Gasteiger partial charge in [0.2, 0.25) is 5.91 Å². The third-order valence-electron chi connectivity index (χ3n) is 12.2. The van der Waals surface area contributed by atoms with Crippen LogP contribution in [0.2, 0.25) is 0 Å². The molecular formula is C50H101NO4. The van der Waals surface area contributed by atoms with E-state index >= 15 is 0 Å². The number of unbranched alkanes of at least 4 members (excludes halogenated alkanes) is 39. The summed E-state index contributed by atoms with van der Waals surface area (Å²) in [5.41, 5.74) is 0. The highest BCUT2D eigenvalue weighted by molar-refractivity contribution is 5.76. The molecule has 3 unspecified atom stereocenters. The van der Waals surface area contributed by atoms with Crippen LogP contribution in [0.3, 0.4) is 0 Å². The fourth-order valence-corrected chi connectivity index (χ4v) is 8.28. The van der Waals surface area contributed by atoms with Crippen LogP contribution in [0.4, 0.5) is 0 Å². The molecule has 0 saturated carbocycles. The summed E-state index contributed by atoms with van der Waals surface area (Å²) in [4.78, 5) is 12.5. The van der Waals surface area contributed by atoms with Gasteiger partial charge < -0.3 is 20.6 Å². The van der Waals surface area contributed by atoms with Crippen LogP contribution in [-0.4, -0.2) is 46.1 Å². The molecule has 0 aliphatic carbocycles. The molecule has 0 bridgehead atoms. The Hall–Kier alpha value is -0.650. The van der Waals surface area contributed by atoms with Crippen molar-refractivity contribution in [3.63, 3.8) is 0 Å². The summed E-state index contributed by atoms with van der Waals surface area (Å²) in [6.45, 7) is 4.21. The van der Waals surface area contributed by atoms with Gasteiger partial charge in [-0.3, -0.25) is 4.79 Å². The number of carbonyl (C=O) groups excluding carboxylic acids is 1. The number of aliphatic hydroxyl groups is 3. The number of hydrogen-bond acceptors (Lipinski definition) is 4. The van der Waals surface area contributed by atoms with Crippen LogP contribution in [0.15, 0.2) is 0 Å². The lowest BCUT2D eigenvalue weighted by Gasteiger charge is -2.26. The van der Waals surface area contributed by atoms with Gasteiger partial charge in [0.15, 0.2) is 0 Å². The van der Waals surface area contributed by atoms with Gasteiger partial charge in [0.05, 0.1) is 18.8 Å². The maximum Gasteiger partial charge on any atom is 0.220 e. The van der Waals surface area contributed by atoms with Gasteiger partial charge in [-0.15, -0.1) is 0 Å². The monoisotopic (exact) mass is 780 g/mol. The van der Waals surface area contributed by atoms with Gasteiger partial charge in [0.1, 0.15) is 6.10 Å². The molecule has 5 nitrogen and oxygen atoms in total. The van der Waals surface area contributed by atoms with Crippen molar-refractivity contribution in [2.45, 2.75) is 308 Å². The van der Waals surface area contributed by atoms with Gasteiger partial charge in [-0.25, -0.2) is 0 Å². The lowest BCUT2D eigenvalue weighted by molar-refractivity contribution is -0.124. The van der Waals surface area contributed by atoms with E-state index in [4.69, 9.17) is 0 Å². The number of carbonyl (C=O) groups is 1. The molecule has 0 aromatic heterocycles. The van der Waals surface area contributed by atoms with Crippen molar-refractivity contribution < 1.29 is 20.1 Å². The first-order valence-corrected chi connectivity index (χ1v) is 25.3. The number of rotatable bonds is 47. The minimum Gasteiger partial charge on any atom is -0.394 e. The van der Waals surface area contributed by atoms with Crippen LogP contribution < -0.4 is 5.32 Å². The third-order valence-corrected chi connectivity index (χ3v) is 12.2. The van der Waals surface area contributed by atoms with Crippen molar-refractivity contribution in [2.24, 2.45) is 0 Å². The van der Waals surface area contributed by atoms with E-state index in [2.05, 4.69) is 19.2 Å². The van der Waals surface area contributed by atoms with E-state index in [0.717, 1.165) is 32.1 Å². The summed E-state index contributed by atoms with van der Waals surface area (Å²) in [7, 11) is 0. The second-order valence-corrected chi connectivity index (χ2v) is 17.7. The van der Waals surface area contributed by atoms with Crippen LogP contribution in [0.25, 0.3) is 0 Å². The quantitative estimate of drug-likeness (QED) is 0.0463. The minimum atomic E-state index is -1.13. The smallest absolute Gasteiger partial charge is 0.220 e. The van der Waals surface area contributed by atoms with Crippen molar-refractivity contribution in [2.75, 3.05) is 6.61 Å². The Kier molecular flexibility index (Phi) is 45.5. The molecule has 0 aliphatic heterocycles. The fraction of sp³-hybridized carbons (Fsp3) is 0.980. The topological polar surface area (TPSA) is 89.8 Å². The maximum absolute atomic E-state index is 12.5. The molecule has 0 aromatic carbocycles. The zero-order chi connectivity index (χ0) is 40.1. The molecule has 0 aromatic rings. The van der Waals surface area contributed by atoms with E-state index in [0.29, 0.717) is 12.8 Å². The molecule has 0 radical (unpaired) electrons. The van der Waals surface area contributed by atoms with Crippen LogP contribution in [0.1, 0.15) is 290 Å². The second-order valence-electron chi connectivity index (χ2n) is 17.7. The van der Waals surface area contributed by atoms with Crippen molar-refractivity contribution >= 4 is 5.91 Å². The molecule has 0 spiro atoms. The highest BCUT2D eigenvalue weighted by Gasteiger charge is 2.26. The standard InChI is InChI=1S/C50H101NO4/c1-3-5-7-9-11-13-15-17-19-20-21-22-23-24-25-26-27-28-29-31-33-35-37-39-41-43-45-49(54)51-47(46-52)50(55)48(53)44-42-40-38-36-34-32-30-18-16-14-12-10-8-6-4-2/h47-48,50,52-53,55H,3-46H2,1-2H3,(H,51,54). The Labute approximate surface area is 345 Å². The number of hydrogen-bond donors (Lipinski definition) is 4. The zero-order valence-corrected chi connectivity index (χ0v) is 37.6. The number of nitrogens with one attached hydrogen (secondary N) is 1. The first-order valence-electron chi connectivity index (χ1n) is 25.3. The van der Waals surface area contributed by atoms with Gasteiger partial charge in [-0.2, -0.15) is 0 Å².